The average Bonchev–Trinajstić information content (AvgIpc) is 2.48. The van der Waals surface area contributed by atoms with Gasteiger partial charge in [-0.2, -0.15) is 0 Å². The van der Waals surface area contributed by atoms with Gasteiger partial charge in [-0.15, -0.1) is 0 Å². The summed E-state index contributed by atoms with van der Waals surface area (Å²) in [7, 11) is 4.32. The molecule has 0 radical (unpaired) electrons. The molecule has 0 aromatic heterocycles. The normalized spacial score (nSPS) is 16.8. The van der Waals surface area contributed by atoms with Crippen LogP contribution in [-0.4, -0.2) is 55.2 Å². The Morgan fingerprint density at radius 1 is 1.19 bits per heavy atom. The molecule has 0 spiro atoms. The van der Waals surface area contributed by atoms with E-state index in [1.807, 2.05) is 12.1 Å². The number of aliphatic hydroxyl groups is 1. The summed E-state index contributed by atoms with van der Waals surface area (Å²) in [4.78, 5) is 4.84. The Bertz CT molecular complexity index is 476. The summed E-state index contributed by atoms with van der Waals surface area (Å²) >= 11 is 0. The van der Waals surface area contributed by atoms with Gasteiger partial charge in [-0.05, 0) is 63.6 Å². The zero-order valence-electron chi connectivity index (χ0n) is 13.2. The molecule has 3 nitrogen and oxygen atoms in total. The zero-order chi connectivity index (χ0) is 15.1. The van der Waals surface area contributed by atoms with Crippen LogP contribution in [0, 0.1) is 17.8 Å². The molecule has 0 aliphatic carbocycles. The highest BCUT2D eigenvalue weighted by Crippen LogP contribution is 2.19. The van der Waals surface area contributed by atoms with Crippen molar-refractivity contribution in [2.75, 3.05) is 40.3 Å². The van der Waals surface area contributed by atoms with Gasteiger partial charge < -0.3 is 10.0 Å². The lowest BCUT2D eigenvalue weighted by Crippen LogP contribution is -2.36. The maximum atomic E-state index is 8.69. The Morgan fingerprint density at radius 2 is 1.86 bits per heavy atom. The second-order valence-corrected chi connectivity index (χ2v) is 6.14. The van der Waals surface area contributed by atoms with E-state index in [9.17, 15) is 0 Å². The van der Waals surface area contributed by atoms with Crippen LogP contribution >= 0.6 is 0 Å². The highest BCUT2D eigenvalue weighted by Gasteiger charge is 2.19. The van der Waals surface area contributed by atoms with Gasteiger partial charge in [-0.1, -0.05) is 24.0 Å². The lowest BCUT2D eigenvalue weighted by molar-refractivity contribution is 0.157. The van der Waals surface area contributed by atoms with Crippen LogP contribution in [-0.2, 0) is 6.54 Å². The van der Waals surface area contributed by atoms with Crippen molar-refractivity contribution in [3.63, 3.8) is 0 Å². The van der Waals surface area contributed by atoms with E-state index in [1.54, 1.807) is 0 Å². The van der Waals surface area contributed by atoms with E-state index in [1.165, 1.54) is 38.0 Å². The van der Waals surface area contributed by atoms with Crippen LogP contribution in [0.15, 0.2) is 24.3 Å². The first kappa shape index (κ1) is 16.0. The Hall–Kier alpha value is -1.34. The quantitative estimate of drug-likeness (QED) is 0.855. The fraction of sp³-hybridized carbons (Fsp3) is 0.556. The van der Waals surface area contributed by atoms with Gasteiger partial charge in [0, 0.05) is 18.7 Å². The van der Waals surface area contributed by atoms with Crippen molar-refractivity contribution in [3.05, 3.63) is 35.4 Å². The molecule has 1 N–H and O–H groups in total. The summed E-state index contributed by atoms with van der Waals surface area (Å²) in [5.74, 6) is 6.46. The number of hydrogen-bond donors (Lipinski definition) is 1. The molecule has 1 aliphatic rings. The van der Waals surface area contributed by atoms with E-state index >= 15 is 0 Å². The minimum absolute atomic E-state index is 0.0797. The summed E-state index contributed by atoms with van der Waals surface area (Å²) in [6, 6.07) is 8.37. The second kappa shape index (κ2) is 8.19. The fourth-order valence-electron chi connectivity index (χ4n) is 2.94. The van der Waals surface area contributed by atoms with Gasteiger partial charge in [-0.25, -0.2) is 0 Å². The molecule has 0 bridgehead atoms. The summed E-state index contributed by atoms with van der Waals surface area (Å²) in [5.41, 5.74) is 2.31. The van der Waals surface area contributed by atoms with Crippen molar-refractivity contribution in [2.45, 2.75) is 19.4 Å². The molecule has 1 aromatic carbocycles. The molecule has 21 heavy (non-hydrogen) atoms. The van der Waals surface area contributed by atoms with Crippen LogP contribution < -0.4 is 0 Å². The number of nitrogens with zero attached hydrogens (tertiary/aromatic N) is 2. The minimum atomic E-state index is -0.0797. The van der Waals surface area contributed by atoms with Crippen LogP contribution in [0.4, 0.5) is 0 Å². The highest BCUT2D eigenvalue weighted by molar-refractivity contribution is 5.36. The van der Waals surface area contributed by atoms with Gasteiger partial charge in [0.2, 0.25) is 0 Å². The van der Waals surface area contributed by atoms with Crippen LogP contribution in [0.25, 0.3) is 0 Å². The molecule has 2 rings (SSSR count). The minimum Gasteiger partial charge on any atom is -0.384 e. The number of aliphatic hydroxyl groups excluding tert-OH is 1. The van der Waals surface area contributed by atoms with Crippen molar-refractivity contribution in [1.29, 1.82) is 0 Å². The molecule has 1 saturated heterocycles. The molecule has 0 unspecified atom stereocenters. The average molecular weight is 286 g/mol. The van der Waals surface area contributed by atoms with E-state index in [-0.39, 0.29) is 6.61 Å². The van der Waals surface area contributed by atoms with E-state index < -0.39 is 0 Å². The third-order valence-corrected chi connectivity index (χ3v) is 4.00. The first-order valence-corrected chi connectivity index (χ1v) is 7.73. The Kier molecular flexibility index (Phi) is 6.25. The summed E-state index contributed by atoms with van der Waals surface area (Å²) in [6.07, 6.45) is 2.61. The smallest absolute Gasteiger partial charge is 0.104 e. The first-order chi connectivity index (χ1) is 10.2. The SMILES string of the molecule is CN(C)CC1CCN(Cc2ccc(C#CCO)cc2)CC1. The maximum Gasteiger partial charge on any atom is 0.104 e. The van der Waals surface area contributed by atoms with Gasteiger partial charge in [0.1, 0.15) is 6.61 Å². The second-order valence-electron chi connectivity index (χ2n) is 6.14. The molecular weight excluding hydrogens is 260 g/mol. The molecule has 1 aromatic rings. The number of piperidine rings is 1. The topological polar surface area (TPSA) is 26.7 Å². The molecule has 1 fully saturated rings. The summed E-state index contributed by atoms with van der Waals surface area (Å²) in [6.45, 7) is 4.56. The first-order valence-electron chi connectivity index (χ1n) is 7.73. The van der Waals surface area contributed by atoms with Gasteiger partial charge in [0.25, 0.3) is 0 Å². The molecule has 1 aliphatic heterocycles. The molecule has 0 amide bonds. The van der Waals surface area contributed by atoms with Crippen molar-refractivity contribution in [1.82, 2.24) is 9.80 Å². The number of hydrogen-bond acceptors (Lipinski definition) is 3. The maximum absolute atomic E-state index is 8.69. The van der Waals surface area contributed by atoms with Gasteiger partial charge >= 0.3 is 0 Å². The van der Waals surface area contributed by atoms with Gasteiger partial charge in [0.05, 0.1) is 0 Å². The zero-order valence-corrected chi connectivity index (χ0v) is 13.2. The van der Waals surface area contributed by atoms with E-state index in [0.717, 1.165) is 18.0 Å². The third kappa shape index (κ3) is 5.51. The van der Waals surface area contributed by atoms with Crippen molar-refractivity contribution < 1.29 is 5.11 Å². The Balaban J connectivity index is 1.80. The predicted molar refractivity (Wildman–Crippen MR) is 87.0 cm³/mol. The predicted octanol–water partition coefficient (Wildman–Crippen LogP) is 1.80. The number of rotatable bonds is 4. The van der Waals surface area contributed by atoms with Crippen molar-refractivity contribution in [3.8, 4) is 11.8 Å². The molecule has 114 valence electrons. The summed E-state index contributed by atoms with van der Waals surface area (Å²) < 4.78 is 0. The molecule has 0 atom stereocenters. The molecule has 3 heteroatoms. The molecular formula is C18H26N2O. The fourth-order valence-corrected chi connectivity index (χ4v) is 2.94. The van der Waals surface area contributed by atoms with E-state index in [2.05, 4.69) is 47.9 Å². The number of likely N-dealkylation sites (tertiary alicyclic amines) is 1. The monoisotopic (exact) mass is 286 g/mol. The molecule has 1 heterocycles. The van der Waals surface area contributed by atoms with Crippen LogP contribution in [0.1, 0.15) is 24.0 Å². The standard InChI is InChI=1S/C18H26N2O/c1-19(2)14-18-9-11-20(12-10-18)15-17-7-5-16(6-8-17)4-3-13-21/h5-8,18,21H,9-15H2,1-2H3. The lowest BCUT2D eigenvalue weighted by atomic mass is 9.96. The Labute approximate surface area is 128 Å². The van der Waals surface area contributed by atoms with Gasteiger partial charge in [-0.3, -0.25) is 4.90 Å². The van der Waals surface area contributed by atoms with Gasteiger partial charge in [0.15, 0.2) is 0 Å². The van der Waals surface area contributed by atoms with Crippen LogP contribution in [0.3, 0.4) is 0 Å². The highest BCUT2D eigenvalue weighted by atomic mass is 16.2. The van der Waals surface area contributed by atoms with E-state index in [4.69, 9.17) is 5.11 Å². The van der Waals surface area contributed by atoms with E-state index in [0.29, 0.717) is 0 Å². The van der Waals surface area contributed by atoms with Crippen LogP contribution in [0.5, 0.6) is 0 Å². The van der Waals surface area contributed by atoms with Crippen molar-refractivity contribution in [2.24, 2.45) is 5.92 Å². The van der Waals surface area contributed by atoms with Crippen molar-refractivity contribution >= 4 is 0 Å². The largest absolute Gasteiger partial charge is 0.384 e. The lowest BCUT2D eigenvalue weighted by Gasteiger charge is -2.33. The number of benzene rings is 1. The summed E-state index contributed by atoms with van der Waals surface area (Å²) in [5, 5.41) is 8.69. The third-order valence-electron chi connectivity index (χ3n) is 4.00. The molecule has 0 saturated carbocycles. The Morgan fingerprint density at radius 3 is 2.43 bits per heavy atom. The van der Waals surface area contributed by atoms with Crippen LogP contribution in [0.2, 0.25) is 0 Å².